The zero-order valence-corrected chi connectivity index (χ0v) is 13.7. The Hall–Kier alpha value is -1.11. The molecule has 0 aliphatic rings. The van der Waals surface area contributed by atoms with Crippen LogP contribution in [0.25, 0.3) is 0 Å². The Balaban J connectivity index is 2.49. The first kappa shape index (κ1) is 16.9. The van der Waals surface area contributed by atoms with E-state index in [0.717, 1.165) is 18.4 Å². The fraction of sp³-hybridized carbons (Fsp3) is 0.632. The van der Waals surface area contributed by atoms with E-state index in [9.17, 15) is 4.79 Å². The third-order valence-corrected chi connectivity index (χ3v) is 4.38. The highest BCUT2D eigenvalue weighted by atomic mass is 16.1. The molecule has 112 valence electrons. The second kappa shape index (κ2) is 8.24. The molecule has 0 radical (unpaired) electrons. The smallest absolute Gasteiger partial charge is 0.162 e. The van der Waals surface area contributed by atoms with Gasteiger partial charge in [0.1, 0.15) is 0 Å². The van der Waals surface area contributed by atoms with Gasteiger partial charge >= 0.3 is 0 Å². The van der Waals surface area contributed by atoms with Gasteiger partial charge in [-0.3, -0.25) is 4.79 Å². The molecule has 0 N–H and O–H groups in total. The maximum absolute atomic E-state index is 12.1. The molecule has 0 aromatic heterocycles. The van der Waals surface area contributed by atoms with E-state index in [4.69, 9.17) is 0 Å². The van der Waals surface area contributed by atoms with E-state index in [1.807, 2.05) is 12.1 Å². The Labute approximate surface area is 124 Å². The normalized spacial score (nSPS) is 11.6. The number of carbonyl (C=O) groups is 1. The van der Waals surface area contributed by atoms with E-state index in [2.05, 4.69) is 39.8 Å². The van der Waals surface area contributed by atoms with Crippen molar-refractivity contribution in [3.8, 4) is 0 Å². The predicted octanol–water partition coefficient (Wildman–Crippen LogP) is 5.92. The number of hydrogen-bond donors (Lipinski definition) is 0. The monoisotopic (exact) mass is 274 g/mol. The van der Waals surface area contributed by atoms with Crippen LogP contribution in [0.5, 0.6) is 0 Å². The molecule has 20 heavy (non-hydrogen) atoms. The maximum atomic E-state index is 12.1. The van der Waals surface area contributed by atoms with Crippen LogP contribution in [0.1, 0.15) is 88.6 Å². The van der Waals surface area contributed by atoms with Crippen molar-refractivity contribution in [1.29, 1.82) is 0 Å². The minimum absolute atomic E-state index is 0.196. The molecule has 0 spiro atoms. The van der Waals surface area contributed by atoms with Crippen molar-refractivity contribution in [2.75, 3.05) is 0 Å². The highest BCUT2D eigenvalue weighted by molar-refractivity contribution is 5.96. The molecule has 1 rings (SSSR count). The Morgan fingerprint density at radius 3 is 2.10 bits per heavy atom. The summed E-state index contributed by atoms with van der Waals surface area (Å²) < 4.78 is 0. The zero-order chi connectivity index (χ0) is 15.0. The SMILES string of the molecule is CCCCCCCC(=O)c1ccc(C(C)(C)CC)cc1. The first-order chi connectivity index (χ1) is 9.51. The molecule has 1 heteroatoms. The van der Waals surface area contributed by atoms with Gasteiger partial charge in [0.15, 0.2) is 5.78 Å². The molecule has 1 nitrogen and oxygen atoms in total. The van der Waals surface area contributed by atoms with E-state index in [1.54, 1.807) is 0 Å². The Bertz CT molecular complexity index is 400. The molecule has 0 aliphatic heterocycles. The van der Waals surface area contributed by atoms with Crippen molar-refractivity contribution < 1.29 is 4.79 Å². The Morgan fingerprint density at radius 1 is 0.950 bits per heavy atom. The number of unbranched alkanes of at least 4 members (excludes halogenated alkanes) is 4. The largest absolute Gasteiger partial charge is 0.294 e. The molecule has 0 saturated heterocycles. The zero-order valence-electron chi connectivity index (χ0n) is 13.7. The summed E-state index contributed by atoms with van der Waals surface area (Å²) >= 11 is 0. The fourth-order valence-corrected chi connectivity index (χ4v) is 2.34. The van der Waals surface area contributed by atoms with Gasteiger partial charge in [-0.25, -0.2) is 0 Å². The maximum Gasteiger partial charge on any atom is 0.162 e. The molecule has 0 aliphatic carbocycles. The van der Waals surface area contributed by atoms with Crippen LogP contribution in [-0.2, 0) is 5.41 Å². The van der Waals surface area contributed by atoms with Crippen LogP contribution in [-0.4, -0.2) is 5.78 Å². The molecule has 1 aromatic carbocycles. The highest BCUT2D eigenvalue weighted by Crippen LogP contribution is 2.26. The lowest BCUT2D eigenvalue weighted by Crippen LogP contribution is -2.15. The Kier molecular flexibility index (Phi) is 6.98. The van der Waals surface area contributed by atoms with Crippen LogP contribution in [0.2, 0.25) is 0 Å². The van der Waals surface area contributed by atoms with Crippen LogP contribution in [0.3, 0.4) is 0 Å². The van der Waals surface area contributed by atoms with E-state index in [0.29, 0.717) is 12.2 Å². The average molecular weight is 274 g/mol. The summed E-state index contributed by atoms with van der Waals surface area (Å²) in [6, 6.07) is 8.24. The van der Waals surface area contributed by atoms with E-state index < -0.39 is 0 Å². The van der Waals surface area contributed by atoms with E-state index >= 15 is 0 Å². The summed E-state index contributed by atoms with van der Waals surface area (Å²) in [5, 5.41) is 0. The van der Waals surface area contributed by atoms with Crippen LogP contribution < -0.4 is 0 Å². The minimum atomic E-state index is 0.196. The third kappa shape index (κ3) is 5.11. The van der Waals surface area contributed by atoms with Crippen LogP contribution in [0, 0.1) is 0 Å². The summed E-state index contributed by atoms with van der Waals surface area (Å²) in [5.41, 5.74) is 2.39. The van der Waals surface area contributed by atoms with Crippen molar-refractivity contribution >= 4 is 5.78 Å². The van der Waals surface area contributed by atoms with E-state index in [1.165, 1.54) is 31.2 Å². The number of Topliss-reactive ketones (excluding diaryl/α,β-unsaturated/α-hetero) is 1. The van der Waals surface area contributed by atoms with Gasteiger partial charge in [0.2, 0.25) is 0 Å². The quantitative estimate of drug-likeness (QED) is 0.403. The van der Waals surface area contributed by atoms with Crippen LogP contribution in [0.15, 0.2) is 24.3 Å². The lowest BCUT2D eigenvalue weighted by atomic mass is 9.82. The minimum Gasteiger partial charge on any atom is -0.294 e. The van der Waals surface area contributed by atoms with Crippen LogP contribution in [0.4, 0.5) is 0 Å². The standard InChI is InChI=1S/C19H30O/c1-5-7-8-9-10-11-18(20)16-12-14-17(15-13-16)19(3,4)6-2/h12-15H,5-11H2,1-4H3. The first-order valence-electron chi connectivity index (χ1n) is 8.15. The summed E-state index contributed by atoms with van der Waals surface area (Å²) in [6.07, 6.45) is 7.81. The lowest BCUT2D eigenvalue weighted by Gasteiger charge is -2.23. The van der Waals surface area contributed by atoms with Crippen molar-refractivity contribution in [2.45, 2.75) is 78.1 Å². The topological polar surface area (TPSA) is 17.1 Å². The molecule has 0 unspecified atom stereocenters. The first-order valence-corrected chi connectivity index (χ1v) is 8.15. The third-order valence-electron chi connectivity index (χ3n) is 4.38. The summed E-state index contributed by atoms with van der Waals surface area (Å²) in [6.45, 7) is 8.91. The van der Waals surface area contributed by atoms with Gasteiger partial charge in [-0.05, 0) is 23.8 Å². The molecule has 0 bridgehead atoms. The van der Waals surface area contributed by atoms with Crippen LogP contribution >= 0.6 is 0 Å². The van der Waals surface area contributed by atoms with Gasteiger partial charge in [-0.1, -0.05) is 77.6 Å². The van der Waals surface area contributed by atoms with Crippen molar-refractivity contribution in [1.82, 2.24) is 0 Å². The number of hydrogen-bond acceptors (Lipinski definition) is 1. The second-order valence-corrected chi connectivity index (χ2v) is 6.40. The molecule has 0 saturated carbocycles. The summed E-state index contributed by atoms with van der Waals surface area (Å²) in [5.74, 6) is 0.294. The van der Waals surface area contributed by atoms with Gasteiger partial charge in [0, 0.05) is 12.0 Å². The van der Waals surface area contributed by atoms with Crippen molar-refractivity contribution in [2.24, 2.45) is 0 Å². The molecule has 0 heterocycles. The van der Waals surface area contributed by atoms with Crippen molar-refractivity contribution in [3.05, 3.63) is 35.4 Å². The van der Waals surface area contributed by atoms with Gasteiger partial charge < -0.3 is 0 Å². The predicted molar refractivity (Wildman–Crippen MR) is 87.5 cm³/mol. The van der Waals surface area contributed by atoms with E-state index in [-0.39, 0.29) is 5.41 Å². The van der Waals surface area contributed by atoms with Gasteiger partial charge in [-0.2, -0.15) is 0 Å². The fourth-order valence-electron chi connectivity index (χ4n) is 2.34. The van der Waals surface area contributed by atoms with Gasteiger partial charge in [0.05, 0.1) is 0 Å². The summed E-state index contributed by atoms with van der Waals surface area (Å²) in [4.78, 5) is 12.1. The molecule has 0 amide bonds. The second-order valence-electron chi connectivity index (χ2n) is 6.40. The number of benzene rings is 1. The summed E-state index contributed by atoms with van der Waals surface area (Å²) in [7, 11) is 0. The molecule has 0 atom stereocenters. The molecular weight excluding hydrogens is 244 g/mol. The number of ketones is 1. The Morgan fingerprint density at radius 2 is 1.55 bits per heavy atom. The van der Waals surface area contributed by atoms with Gasteiger partial charge in [0.25, 0.3) is 0 Å². The lowest BCUT2D eigenvalue weighted by molar-refractivity contribution is 0.0979. The number of carbonyl (C=O) groups excluding carboxylic acids is 1. The highest BCUT2D eigenvalue weighted by Gasteiger charge is 2.18. The molecular formula is C19H30O. The average Bonchev–Trinajstić information content (AvgIpc) is 2.47. The molecule has 1 aromatic rings. The van der Waals surface area contributed by atoms with Gasteiger partial charge in [-0.15, -0.1) is 0 Å². The molecule has 0 fully saturated rings. The number of rotatable bonds is 9. The van der Waals surface area contributed by atoms with Crippen molar-refractivity contribution in [3.63, 3.8) is 0 Å².